The Labute approximate surface area is 183 Å². The van der Waals surface area contributed by atoms with Crippen LogP contribution in [0.15, 0.2) is 0 Å². The Bertz CT molecular complexity index is 383. The molecular formula is C27H50OSi. The lowest BCUT2D eigenvalue weighted by Gasteiger charge is -2.51. The molecule has 4 fully saturated rings. The molecule has 0 saturated heterocycles. The van der Waals surface area contributed by atoms with E-state index in [0.717, 1.165) is 16.6 Å². The van der Waals surface area contributed by atoms with Crippen LogP contribution in [0.4, 0.5) is 0 Å². The van der Waals surface area contributed by atoms with Crippen LogP contribution in [0.25, 0.3) is 0 Å². The molecule has 4 aliphatic carbocycles. The summed E-state index contributed by atoms with van der Waals surface area (Å²) < 4.78 is 7.80. The lowest BCUT2D eigenvalue weighted by molar-refractivity contribution is 0.124. The summed E-state index contributed by atoms with van der Waals surface area (Å²) in [6.07, 6.45) is 35.0. The summed E-state index contributed by atoms with van der Waals surface area (Å²) in [5.41, 5.74) is 2.99. The molecule has 4 rings (SSSR count). The molecule has 0 radical (unpaired) electrons. The van der Waals surface area contributed by atoms with E-state index < -0.39 is 8.32 Å². The minimum atomic E-state index is -1.78. The fourth-order valence-corrected chi connectivity index (χ4v) is 15.3. The van der Waals surface area contributed by atoms with Crippen molar-refractivity contribution in [3.63, 3.8) is 0 Å². The molecule has 1 nitrogen and oxygen atoms in total. The first kappa shape index (κ1) is 22.4. The van der Waals surface area contributed by atoms with Gasteiger partial charge in [0.15, 0.2) is 0 Å². The van der Waals surface area contributed by atoms with E-state index in [1.807, 2.05) is 0 Å². The van der Waals surface area contributed by atoms with Crippen LogP contribution in [0, 0.1) is 0 Å². The van der Waals surface area contributed by atoms with Crippen molar-refractivity contribution >= 4 is 8.32 Å². The Morgan fingerprint density at radius 2 is 0.621 bits per heavy atom. The predicted molar refractivity (Wildman–Crippen MR) is 128 cm³/mol. The molecule has 0 N–H and O–H groups in total. The van der Waals surface area contributed by atoms with E-state index in [1.54, 1.807) is 0 Å². The summed E-state index contributed by atoms with van der Waals surface area (Å²) in [7, 11) is -1.78. The Hall–Kier alpha value is 0.177. The normalized spacial score (nSPS) is 28.6. The molecule has 2 heteroatoms. The van der Waals surface area contributed by atoms with E-state index >= 15 is 0 Å². The van der Waals surface area contributed by atoms with Crippen molar-refractivity contribution < 1.29 is 4.43 Å². The maximum absolute atomic E-state index is 7.80. The molecule has 0 aromatic rings. The molecule has 0 aromatic carbocycles. The quantitative estimate of drug-likeness (QED) is 0.319. The topological polar surface area (TPSA) is 9.23 Å². The van der Waals surface area contributed by atoms with E-state index in [4.69, 9.17) is 4.43 Å². The van der Waals surface area contributed by atoms with Crippen LogP contribution < -0.4 is 0 Å². The maximum Gasteiger partial charge on any atom is 0.202 e. The Kier molecular flexibility index (Phi) is 9.03. The minimum Gasteiger partial charge on any atom is -0.413 e. The third-order valence-electron chi connectivity index (χ3n) is 9.40. The fourth-order valence-electron chi connectivity index (χ4n) is 7.95. The van der Waals surface area contributed by atoms with Crippen LogP contribution in [0.1, 0.15) is 148 Å². The Morgan fingerprint density at radius 3 is 0.966 bits per heavy atom. The van der Waals surface area contributed by atoms with Crippen LogP contribution in [-0.4, -0.2) is 14.4 Å². The summed E-state index contributed by atoms with van der Waals surface area (Å²) in [5, 5.41) is 0. The van der Waals surface area contributed by atoms with E-state index in [2.05, 4.69) is 0 Å². The van der Waals surface area contributed by atoms with Gasteiger partial charge in [0.05, 0.1) is 0 Å². The van der Waals surface area contributed by atoms with Gasteiger partial charge in [0.2, 0.25) is 8.32 Å². The van der Waals surface area contributed by atoms with Crippen LogP contribution >= 0.6 is 0 Å². The van der Waals surface area contributed by atoms with E-state index in [-0.39, 0.29) is 0 Å². The average molecular weight is 419 g/mol. The summed E-state index contributed by atoms with van der Waals surface area (Å²) in [5.74, 6) is 0. The zero-order valence-corrected chi connectivity index (χ0v) is 20.5. The molecule has 0 atom stereocenters. The van der Waals surface area contributed by atoms with Crippen molar-refractivity contribution in [2.24, 2.45) is 0 Å². The highest BCUT2D eigenvalue weighted by atomic mass is 28.4. The molecule has 4 aliphatic rings. The monoisotopic (exact) mass is 418 g/mol. The highest BCUT2D eigenvalue weighted by Gasteiger charge is 2.55. The summed E-state index contributed by atoms with van der Waals surface area (Å²) in [6.45, 7) is 0. The molecule has 4 saturated carbocycles. The molecule has 0 spiro atoms. The zero-order valence-electron chi connectivity index (χ0n) is 19.5. The van der Waals surface area contributed by atoms with Crippen LogP contribution in [0.5, 0.6) is 0 Å². The van der Waals surface area contributed by atoms with Crippen molar-refractivity contribution in [1.29, 1.82) is 0 Å². The second-order valence-corrected chi connectivity index (χ2v) is 15.7. The lowest BCUT2D eigenvalue weighted by Crippen LogP contribution is -2.54. The van der Waals surface area contributed by atoms with Gasteiger partial charge in [-0.3, -0.25) is 0 Å². The second-order valence-electron chi connectivity index (χ2n) is 11.3. The van der Waals surface area contributed by atoms with E-state index in [9.17, 15) is 0 Å². The smallest absolute Gasteiger partial charge is 0.202 e. The maximum atomic E-state index is 7.80. The van der Waals surface area contributed by atoms with Gasteiger partial charge in [-0.15, -0.1) is 0 Å². The van der Waals surface area contributed by atoms with Gasteiger partial charge in [-0.25, -0.2) is 0 Å². The van der Waals surface area contributed by atoms with E-state index in [0.29, 0.717) is 6.10 Å². The van der Waals surface area contributed by atoms with Gasteiger partial charge in [-0.1, -0.05) is 135 Å². The minimum absolute atomic E-state index is 0.644. The van der Waals surface area contributed by atoms with Crippen molar-refractivity contribution in [2.75, 3.05) is 0 Å². The van der Waals surface area contributed by atoms with Gasteiger partial charge in [0.25, 0.3) is 0 Å². The van der Waals surface area contributed by atoms with Gasteiger partial charge in [0.1, 0.15) is 0 Å². The number of rotatable bonds is 5. The highest BCUT2D eigenvalue weighted by Crippen LogP contribution is 2.57. The van der Waals surface area contributed by atoms with Crippen LogP contribution in [0.3, 0.4) is 0 Å². The van der Waals surface area contributed by atoms with Crippen molar-refractivity contribution in [3.05, 3.63) is 0 Å². The molecule has 0 aromatic heterocycles. The lowest BCUT2D eigenvalue weighted by atomic mass is 9.98. The molecular weight excluding hydrogens is 368 g/mol. The largest absolute Gasteiger partial charge is 0.413 e. The summed E-state index contributed by atoms with van der Waals surface area (Å²) in [6, 6.07) is 0. The molecule has 0 unspecified atom stereocenters. The molecule has 0 heterocycles. The predicted octanol–water partition coefficient (Wildman–Crippen LogP) is 9.45. The number of hydrogen-bond donors (Lipinski definition) is 0. The first-order chi connectivity index (χ1) is 14.4. The molecule has 0 aliphatic heterocycles. The average Bonchev–Trinajstić information content (AvgIpc) is 3.29. The SMILES string of the molecule is C1CCC(O[Si](C2CCCCCC2)(C2CCCCCC2)C2CCCCCC2)CC1. The molecule has 0 bridgehead atoms. The van der Waals surface area contributed by atoms with Crippen LogP contribution in [-0.2, 0) is 4.43 Å². The van der Waals surface area contributed by atoms with Gasteiger partial charge in [0, 0.05) is 6.10 Å². The Balaban J connectivity index is 1.68. The van der Waals surface area contributed by atoms with Crippen molar-refractivity contribution in [2.45, 2.75) is 170 Å². The van der Waals surface area contributed by atoms with E-state index in [1.165, 1.54) is 148 Å². The zero-order chi connectivity index (χ0) is 19.8. The van der Waals surface area contributed by atoms with Crippen molar-refractivity contribution in [3.8, 4) is 0 Å². The summed E-state index contributed by atoms with van der Waals surface area (Å²) in [4.78, 5) is 0. The Morgan fingerprint density at radius 1 is 0.345 bits per heavy atom. The van der Waals surface area contributed by atoms with Crippen molar-refractivity contribution in [1.82, 2.24) is 0 Å². The molecule has 29 heavy (non-hydrogen) atoms. The first-order valence-corrected chi connectivity index (χ1v) is 16.2. The van der Waals surface area contributed by atoms with Crippen LogP contribution in [0.2, 0.25) is 16.6 Å². The second kappa shape index (κ2) is 11.7. The summed E-state index contributed by atoms with van der Waals surface area (Å²) >= 11 is 0. The highest BCUT2D eigenvalue weighted by molar-refractivity contribution is 6.78. The molecule has 0 amide bonds. The molecule has 168 valence electrons. The van der Waals surface area contributed by atoms with Gasteiger partial charge in [-0.2, -0.15) is 0 Å². The van der Waals surface area contributed by atoms with Gasteiger partial charge < -0.3 is 4.43 Å². The first-order valence-electron chi connectivity index (χ1n) is 14.1. The third kappa shape index (κ3) is 5.70. The van der Waals surface area contributed by atoms with Gasteiger partial charge >= 0.3 is 0 Å². The fraction of sp³-hybridized carbons (Fsp3) is 1.00. The number of hydrogen-bond acceptors (Lipinski definition) is 1. The van der Waals surface area contributed by atoms with Gasteiger partial charge in [-0.05, 0) is 29.5 Å². The third-order valence-corrected chi connectivity index (χ3v) is 15.7. The standard InChI is InChI=1S/C27H50OSi/c1-2-11-19-25(18-10-1)29(26-20-12-3-4-13-21-26,27-22-14-5-6-15-23-27)28-24-16-8-7-9-17-24/h24-27H,1-23H2.